The van der Waals surface area contributed by atoms with Gasteiger partial charge in [0.05, 0.1) is 6.61 Å². The molecule has 0 bridgehead atoms. The second kappa shape index (κ2) is 8.49. The molecule has 0 aromatic heterocycles. The van der Waals surface area contributed by atoms with Crippen LogP contribution in [0, 0.1) is 0 Å². The van der Waals surface area contributed by atoms with Crippen molar-refractivity contribution in [1.29, 1.82) is 0 Å². The molecule has 2 saturated heterocycles. The Bertz CT molecular complexity index is 1250. The standard InChI is InChI=1S/C26H26N4O5/c31-23-6-5-22(24(32)28-23)30-13-18-12-19(2-3-20(18)25(30)33)27-26(34)29-9-7-16-11-15(1-4-21(16)29)17-8-10-35-14-17/h1-4,11-12,17,22H,5-10,13-14H2,(H,27,34)(H,28,31,32). The Morgan fingerprint density at radius 1 is 1.03 bits per heavy atom. The quantitative estimate of drug-likeness (QED) is 0.665. The first kappa shape index (κ1) is 21.8. The Morgan fingerprint density at radius 3 is 2.71 bits per heavy atom. The molecule has 2 aromatic carbocycles. The Hall–Kier alpha value is -3.72. The van der Waals surface area contributed by atoms with Gasteiger partial charge in [-0.3, -0.25) is 24.6 Å². The minimum absolute atomic E-state index is 0.213. The minimum atomic E-state index is -0.660. The van der Waals surface area contributed by atoms with Crippen LogP contribution in [0.1, 0.15) is 52.2 Å². The molecule has 2 atom stereocenters. The van der Waals surface area contributed by atoms with Gasteiger partial charge in [0.15, 0.2) is 0 Å². The SMILES string of the molecule is O=C1CCC(N2Cc3cc(NC(=O)N4CCc5cc(C6CCOC6)ccc54)ccc3C2=O)C(=O)N1. The van der Waals surface area contributed by atoms with Crippen molar-refractivity contribution in [3.8, 4) is 0 Å². The number of hydrogen-bond acceptors (Lipinski definition) is 5. The molecule has 0 spiro atoms. The molecule has 2 unspecified atom stereocenters. The van der Waals surface area contributed by atoms with Crippen LogP contribution < -0.4 is 15.5 Å². The molecule has 35 heavy (non-hydrogen) atoms. The van der Waals surface area contributed by atoms with Crippen molar-refractivity contribution in [2.45, 2.75) is 44.2 Å². The Morgan fingerprint density at radius 2 is 1.91 bits per heavy atom. The molecule has 9 nitrogen and oxygen atoms in total. The number of ether oxygens (including phenoxy) is 1. The van der Waals surface area contributed by atoms with E-state index in [-0.39, 0.29) is 30.8 Å². The number of carbonyl (C=O) groups is 4. The number of hydrogen-bond donors (Lipinski definition) is 2. The van der Waals surface area contributed by atoms with Crippen LogP contribution in [0.3, 0.4) is 0 Å². The van der Waals surface area contributed by atoms with E-state index in [9.17, 15) is 19.2 Å². The van der Waals surface area contributed by atoms with Gasteiger partial charge in [0.1, 0.15) is 6.04 Å². The lowest BCUT2D eigenvalue weighted by Gasteiger charge is -2.29. The number of imide groups is 1. The smallest absolute Gasteiger partial charge is 0.326 e. The summed E-state index contributed by atoms with van der Waals surface area (Å²) in [6, 6.07) is 10.6. The average molecular weight is 475 g/mol. The van der Waals surface area contributed by atoms with Gasteiger partial charge in [-0.05, 0) is 60.2 Å². The zero-order valence-corrected chi connectivity index (χ0v) is 19.2. The van der Waals surface area contributed by atoms with Gasteiger partial charge >= 0.3 is 6.03 Å². The van der Waals surface area contributed by atoms with Gasteiger partial charge in [-0.2, -0.15) is 0 Å². The van der Waals surface area contributed by atoms with Gasteiger partial charge in [-0.15, -0.1) is 0 Å². The van der Waals surface area contributed by atoms with Gasteiger partial charge in [0.2, 0.25) is 11.8 Å². The summed E-state index contributed by atoms with van der Waals surface area (Å²) in [7, 11) is 0. The monoisotopic (exact) mass is 474 g/mol. The van der Waals surface area contributed by atoms with E-state index in [4.69, 9.17) is 4.74 Å². The molecule has 4 aliphatic heterocycles. The van der Waals surface area contributed by atoms with Crippen molar-refractivity contribution in [3.05, 3.63) is 58.7 Å². The van der Waals surface area contributed by atoms with E-state index < -0.39 is 11.9 Å². The maximum absolute atomic E-state index is 13.1. The highest BCUT2D eigenvalue weighted by atomic mass is 16.5. The number of carbonyl (C=O) groups excluding carboxylic acids is 4. The topological polar surface area (TPSA) is 108 Å². The zero-order valence-electron chi connectivity index (χ0n) is 19.2. The zero-order chi connectivity index (χ0) is 24.1. The summed E-state index contributed by atoms with van der Waals surface area (Å²) in [5.41, 5.74) is 5.23. The lowest BCUT2D eigenvalue weighted by atomic mass is 9.96. The maximum atomic E-state index is 13.1. The highest BCUT2D eigenvalue weighted by molar-refractivity contribution is 6.06. The fraction of sp³-hybridized carbons (Fsp3) is 0.385. The van der Waals surface area contributed by atoms with Crippen LogP contribution in [0.25, 0.3) is 0 Å². The number of nitrogens with one attached hydrogen (secondary N) is 2. The number of benzene rings is 2. The van der Waals surface area contributed by atoms with Crippen molar-refractivity contribution in [1.82, 2.24) is 10.2 Å². The van der Waals surface area contributed by atoms with Crippen LogP contribution in [0.15, 0.2) is 36.4 Å². The largest absolute Gasteiger partial charge is 0.381 e. The number of amides is 5. The molecule has 0 radical (unpaired) electrons. The lowest BCUT2D eigenvalue weighted by molar-refractivity contribution is -0.136. The number of nitrogens with zero attached hydrogens (tertiary/aromatic N) is 2. The third-order valence-corrected chi connectivity index (χ3v) is 7.42. The number of urea groups is 1. The van der Waals surface area contributed by atoms with Gasteiger partial charge in [-0.1, -0.05) is 12.1 Å². The summed E-state index contributed by atoms with van der Waals surface area (Å²) >= 11 is 0. The number of anilines is 2. The van der Waals surface area contributed by atoms with E-state index in [0.29, 0.717) is 30.1 Å². The van der Waals surface area contributed by atoms with Crippen molar-refractivity contribution in [3.63, 3.8) is 0 Å². The van der Waals surface area contributed by atoms with E-state index in [2.05, 4.69) is 22.8 Å². The molecule has 0 aliphatic carbocycles. The molecule has 4 aliphatic rings. The first-order chi connectivity index (χ1) is 17.0. The molecule has 180 valence electrons. The molecule has 2 aromatic rings. The van der Waals surface area contributed by atoms with Crippen LogP contribution in [0.5, 0.6) is 0 Å². The molecular formula is C26H26N4O5. The summed E-state index contributed by atoms with van der Waals surface area (Å²) in [5.74, 6) is -0.554. The summed E-state index contributed by atoms with van der Waals surface area (Å²) in [5, 5.41) is 5.27. The van der Waals surface area contributed by atoms with E-state index in [1.165, 1.54) is 16.0 Å². The van der Waals surface area contributed by atoms with Gasteiger partial charge < -0.3 is 15.0 Å². The van der Waals surface area contributed by atoms with Crippen LogP contribution in [-0.2, 0) is 27.3 Å². The van der Waals surface area contributed by atoms with E-state index in [1.807, 2.05) is 6.07 Å². The third kappa shape index (κ3) is 3.85. The summed E-state index contributed by atoms with van der Waals surface area (Å²) in [6.45, 7) is 2.43. The minimum Gasteiger partial charge on any atom is -0.381 e. The van der Waals surface area contributed by atoms with Crippen LogP contribution in [-0.4, -0.2) is 54.5 Å². The number of fused-ring (bicyclic) bond motifs is 2. The molecule has 2 fully saturated rings. The van der Waals surface area contributed by atoms with E-state index in [1.54, 1.807) is 23.1 Å². The predicted octanol–water partition coefficient (Wildman–Crippen LogP) is 2.55. The molecule has 0 saturated carbocycles. The summed E-state index contributed by atoms with van der Waals surface area (Å²) in [6.07, 6.45) is 2.37. The van der Waals surface area contributed by atoms with Crippen LogP contribution in [0.4, 0.5) is 16.2 Å². The normalized spacial score (nSPS) is 23.4. The highest BCUT2D eigenvalue weighted by Crippen LogP contribution is 2.34. The van der Waals surface area contributed by atoms with Gasteiger partial charge in [-0.25, -0.2) is 4.79 Å². The van der Waals surface area contributed by atoms with E-state index in [0.717, 1.165) is 37.3 Å². The second-order valence-electron chi connectivity index (χ2n) is 9.55. The van der Waals surface area contributed by atoms with Crippen molar-refractivity contribution in [2.24, 2.45) is 0 Å². The number of piperidine rings is 1. The Kier molecular flexibility index (Phi) is 5.29. The lowest BCUT2D eigenvalue weighted by Crippen LogP contribution is -2.52. The third-order valence-electron chi connectivity index (χ3n) is 7.42. The molecule has 6 rings (SSSR count). The van der Waals surface area contributed by atoms with Crippen LogP contribution in [0.2, 0.25) is 0 Å². The van der Waals surface area contributed by atoms with Crippen molar-refractivity contribution in [2.75, 3.05) is 30.0 Å². The number of rotatable bonds is 3. The first-order valence-corrected chi connectivity index (χ1v) is 12.0. The van der Waals surface area contributed by atoms with Crippen LogP contribution >= 0.6 is 0 Å². The molecule has 2 N–H and O–H groups in total. The Balaban J connectivity index is 1.15. The fourth-order valence-electron chi connectivity index (χ4n) is 5.53. The molecule has 4 heterocycles. The molecular weight excluding hydrogens is 448 g/mol. The van der Waals surface area contributed by atoms with Gasteiger partial charge in [0.25, 0.3) is 5.91 Å². The average Bonchev–Trinajstić information content (AvgIpc) is 3.58. The predicted molar refractivity (Wildman–Crippen MR) is 127 cm³/mol. The molecule has 5 amide bonds. The highest BCUT2D eigenvalue weighted by Gasteiger charge is 2.39. The fourth-order valence-corrected chi connectivity index (χ4v) is 5.53. The summed E-state index contributed by atoms with van der Waals surface area (Å²) in [4.78, 5) is 52.9. The summed E-state index contributed by atoms with van der Waals surface area (Å²) < 4.78 is 5.51. The van der Waals surface area contributed by atoms with Crippen molar-refractivity contribution >= 4 is 35.1 Å². The van der Waals surface area contributed by atoms with E-state index >= 15 is 0 Å². The first-order valence-electron chi connectivity index (χ1n) is 12.0. The molecule has 9 heteroatoms. The Labute approximate surface area is 202 Å². The second-order valence-corrected chi connectivity index (χ2v) is 9.55. The van der Waals surface area contributed by atoms with Gasteiger partial charge in [0, 0.05) is 49.0 Å². The van der Waals surface area contributed by atoms with Crippen molar-refractivity contribution < 1.29 is 23.9 Å². The maximum Gasteiger partial charge on any atom is 0.326 e.